The zero-order valence-corrected chi connectivity index (χ0v) is 10.1. The van der Waals surface area contributed by atoms with Crippen LogP contribution in [0.1, 0.15) is 5.69 Å². The van der Waals surface area contributed by atoms with Gasteiger partial charge in [-0.2, -0.15) is 5.10 Å². The van der Waals surface area contributed by atoms with E-state index in [2.05, 4.69) is 20.8 Å². The van der Waals surface area contributed by atoms with Gasteiger partial charge < -0.3 is 10.2 Å². The van der Waals surface area contributed by atoms with Crippen molar-refractivity contribution in [1.82, 2.24) is 20.6 Å². The van der Waals surface area contributed by atoms with E-state index in [0.717, 1.165) is 11.5 Å². The molecule has 7 heteroatoms. The molecule has 0 bridgehead atoms. The topological polar surface area (TPSA) is 72.9 Å². The second-order valence-corrected chi connectivity index (χ2v) is 4.21. The minimum Gasteiger partial charge on any atom is -0.338 e. The fourth-order valence-corrected chi connectivity index (χ4v) is 2.02. The van der Waals surface area contributed by atoms with Crippen LogP contribution in [0.3, 0.4) is 0 Å². The van der Waals surface area contributed by atoms with E-state index in [1.165, 1.54) is 0 Å². The average Bonchev–Trinajstić information content (AvgIpc) is 2.98. The van der Waals surface area contributed by atoms with Gasteiger partial charge in [0.15, 0.2) is 5.84 Å². The number of nitrogens with one attached hydrogen (secondary N) is 2. The van der Waals surface area contributed by atoms with Crippen molar-refractivity contribution >= 4 is 17.7 Å². The van der Waals surface area contributed by atoms with E-state index in [0.29, 0.717) is 25.6 Å². The molecule has 1 fully saturated rings. The van der Waals surface area contributed by atoms with Crippen LogP contribution >= 0.6 is 0 Å². The Morgan fingerprint density at radius 3 is 2.94 bits per heavy atom. The van der Waals surface area contributed by atoms with Gasteiger partial charge in [0.05, 0.1) is 0 Å². The third-order valence-corrected chi connectivity index (χ3v) is 2.95. The molecule has 0 unspecified atom stereocenters. The van der Waals surface area contributed by atoms with Crippen LogP contribution in [-0.2, 0) is 0 Å². The summed E-state index contributed by atoms with van der Waals surface area (Å²) in [5.74, 6) is 1.45. The van der Waals surface area contributed by atoms with Gasteiger partial charge >= 0.3 is 6.03 Å². The number of anilines is 1. The molecule has 0 aliphatic carbocycles. The second kappa shape index (κ2) is 4.17. The number of aromatic nitrogens is 1. The molecular formula is C11H14N6O. The fraction of sp³-hybridized carbons (Fsp3) is 0.364. The summed E-state index contributed by atoms with van der Waals surface area (Å²) in [6, 6.07) is 5.51. The quantitative estimate of drug-likeness (QED) is 0.755. The van der Waals surface area contributed by atoms with E-state index in [1.807, 2.05) is 30.1 Å². The smallest absolute Gasteiger partial charge is 0.323 e. The molecule has 18 heavy (non-hydrogen) atoms. The third kappa shape index (κ3) is 1.73. The van der Waals surface area contributed by atoms with Crippen LogP contribution in [0.2, 0.25) is 0 Å². The predicted molar refractivity (Wildman–Crippen MR) is 67.3 cm³/mol. The Morgan fingerprint density at radius 2 is 2.28 bits per heavy atom. The van der Waals surface area contributed by atoms with Crippen LogP contribution in [0.25, 0.3) is 0 Å². The van der Waals surface area contributed by atoms with Gasteiger partial charge in [0, 0.05) is 20.1 Å². The van der Waals surface area contributed by atoms with Crippen molar-refractivity contribution in [3.8, 4) is 0 Å². The first-order valence-corrected chi connectivity index (χ1v) is 5.80. The lowest BCUT2D eigenvalue weighted by Gasteiger charge is -2.16. The summed E-state index contributed by atoms with van der Waals surface area (Å²) in [5, 5.41) is 6.94. The highest BCUT2D eigenvalue weighted by Crippen LogP contribution is 2.15. The van der Waals surface area contributed by atoms with Crippen molar-refractivity contribution in [1.29, 1.82) is 0 Å². The van der Waals surface area contributed by atoms with Crippen LogP contribution in [0.5, 0.6) is 0 Å². The molecule has 3 rings (SSSR count). The monoisotopic (exact) mass is 246 g/mol. The standard InChI is InChI=1S/C11H14N6O/c1-16-7-13-15-10(16)8-3-2-4-9(14-8)17-6-5-12-11(17)18/h2-4,13H,5-7H2,1H3,(H,12,18). The number of rotatable bonds is 2. The van der Waals surface area contributed by atoms with E-state index in [9.17, 15) is 4.79 Å². The highest BCUT2D eigenvalue weighted by Gasteiger charge is 2.23. The van der Waals surface area contributed by atoms with Gasteiger partial charge in [-0.05, 0) is 12.1 Å². The zero-order valence-electron chi connectivity index (χ0n) is 10.1. The van der Waals surface area contributed by atoms with Crippen LogP contribution in [-0.4, -0.2) is 48.6 Å². The number of urea groups is 1. The van der Waals surface area contributed by atoms with E-state index in [1.54, 1.807) is 4.90 Å². The predicted octanol–water partition coefficient (Wildman–Crippen LogP) is -0.235. The van der Waals surface area contributed by atoms with Gasteiger partial charge in [-0.15, -0.1) is 0 Å². The Bertz CT molecular complexity index is 514. The van der Waals surface area contributed by atoms with Gasteiger partial charge in [0.1, 0.15) is 18.2 Å². The van der Waals surface area contributed by atoms with Crippen molar-refractivity contribution in [3.05, 3.63) is 23.9 Å². The summed E-state index contributed by atoms with van der Waals surface area (Å²) in [5.41, 5.74) is 3.66. The number of nitrogens with zero attached hydrogens (tertiary/aromatic N) is 4. The SMILES string of the molecule is CN1CNN=C1c1cccc(N2CCNC2=O)n1. The maximum absolute atomic E-state index is 11.6. The van der Waals surface area contributed by atoms with Gasteiger partial charge in [0.2, 0.25) is 0 Å². The van der Waals surface area contributed by atoms with Crippen molar-refractivity contribution in [3.63, 3.8) is 0 Å². The lowest BCUT2D eigenvalue weighted by Crippen LogP contribution is -2.30. The maximum Gasteiger partial charge on any atom is 0.323 e. The van der Waals surface area contributed by atoms with Crippen molar-refractivity contribution in [2.24, 2.45) is 5.10 Å². The Labute approximate surface area is 104 Å². The van der Waals surface area contributed by atoms with E-state index in [-0.39, 0.29) is 6.03 Å². The molecule has 94 valence electrons. The molecule has 0 radical (unpaired) electrons. The summed E-state index contributed by atoms with van der Waals surface area (Å²) < 4.78 is 0. The second-order valence-electron chi connectivity index (χ2n) is 4.21. The van der Waals surface area contributed by atoms with Gasteiger partial charge in [0.25, 0.3) is 0 Å². The molecule has 1 aromatic rings. The van der Waals surface area contributed by atoms with Crippen LogP contribution in [0, 0.1) is 0 Å². The number of hydrogen-bond donors (Lipinski definition) is 2. The molecule has 2 aliphatic rings. The number of carbonyl (C=O) groups excluding carboxylic acids is 1. The fourth-order valence-electron chi connectivity index (χ4n) is 2.02. The number of hydrogen-bond acceptors (Lipinski definition) is 5. The molecule has 0 atom stereocenters. The molecule has 2 amide bonds. The first-order valence-electron chi connectivity index (χ1n) is 5.80. The van der Waals surface area contributed by atoms with E-state index in [4.69, 9.17) is 0 Å². The van der Waals surface area contributed by atoms with Crippen LogP contribution in [0.4, 0.5) is 10.6 Å². The summed E-state index contributed by atoms with van der Waals surface area (Å²) in [6.07, 6.45) is 0. The lowest BCUT2D eigenvalue weighted by molar-refractivity contribution is 0.252. The number of carbonyl (C=O) groups is 1. The molecule has 3 heterocycles. The average molecular weight is 246 g/mol. The number of pyridine rings is 1. The minimum atomic E-state index is -0.0977. The molecule has 1 aromatic heterocycles. The zero-order chi connectivity index (χ0) is 12.5. The van der Waals surface area contributed by atoms with Crippen molar-refractivity contribution in [2.45, 2.75) is 0 Å². The summed E-state index contributed by atoms with van der Waals surface area (Å²) in [7, 11) is 1.94. The van der Waals surface area contributed by atoms with E-state index < -0.39 is 0 Å². The maximum atomic E-state index is 11.6. The molecule has 0 aromatic carbocycles. The highest BCUT2D eigenvalue weighted by atomic mass is 16.2. The molecule has 2 aliphatic heterocycles. The van der Waals surface area contributed by atoms with Crippen molar-refractivity contribution in [2.75, 3.05) is 31.7 Å². The number of amides is 2. The van der Waals surface area contributed by atoms with Gasteiger partial charge in [-0.3, -0.25) is 10.3 Å². The molecule has 7 nitrogen and oxygen atoms in total. The summed E-state index contributed by atoms with van der Waals surface area (Å²) in [6.45, 7) is 1.98. The number of hydrazone groups is 1. The normalized spacial score (nSPS) is 18.7. The minimum absolute atomic E-state index is 0.0977. The molecule has 1 saturated heterocycles. The Hall–Kier alpha value is -2.31. The lowest BCUT2D eigenvalue weighted by atomic mass is 10.3. The molecule has 2 N–H and O–H groups in total. The molecular weight excluding hydrogens is 232 g/mol. The van der Waals surface area contributed by atoms with E-state index >= 15 is 0 Å². The Morgan fingerprint density at radius 1 is 1.39 bits per heavy atom. The first-order chi connectivity index (χ1) is 8.75. The third-order valence-electron chi connectivity index (χ3n) is 2.95. The number of amidine groups is 1. The van der Waals surface area contributed by atoms with Crippen LogP contribution < -0.4 is 15.6 Å². The van der Waals surface area contributed by atoms with Gasteiger partial charge in [-0.1, -0.05) is 6.07 Å². The largest absolute Gasteiger partial charge is 0.338 e. The first kappa shape index (κ1) is 10.8. The summed E-state index contributed by atoms with van der Waals surface area (Å²) >= 11 is 0. The molecule has 0 spiro atoms. The Kier molecular flexibility index (Phi) is 2.51. The Balaban J connectivity index is 1.92. The van der Waals surface area contributed by atoms with Crippen LogP contribution in [0.15, 0.2) is 23.3 Å². The highest BCUT2D eigenvalue weighted by molar-refractivity contribution is 5.99. The molecule has 0 saturated carbocycles. The van der Waals surface area contributed by atoms with Crippen molar-refractivity contribution < 1.29 is 4.79 Å². The van der Waals surface area contributed by atoms with Gasteiger partial charge in [-0.25, -0.2) is 9.78 Å². The summed E-state index contributed by atoms with van der Waals surface area (Å²) in [4.78, 5) is 19.7.